The maximum absolute atomic E-state index is 11.3. The molecule has 0 atom stereocenters. The van der Waals surface area contributed by atoms with Gasteiger partial charge in [-0.05, 0) is 17.0 Å². The van der Waals surface area contributed by atoms with Crippen molar-refractivity contribution in [3.8, 4) is 5.75 Å². The molecule has 0 amide bonds. The summed E-state index contributed by atoms with van der Waals surface area (Å²) >= 11 is 0. The number of benzene rings is 1. The molecule has 0 N–H and O–H groups in total. The molecule has 0 spiro atoms. The van der Waals surface area contributed by atoms with Crippen LogP contribution in [0.5, 0.6) is 5.75 Å². The van der Waals surface area contributed by atoms with Crippen LogP contribution in [0.25, 0.3) is 0 Å². The van der Waals surface area contributed by atoms with Gasteiger partial charge in [0.2, 0.25) is 0 Å². The van der Waals surface area contributed by atoms with Crippen molar-refractivity contribution in [1.82, 2.24) is 0 Å². The second-order valence-electron chi connectivity index (χ2n) is 5.01. The summed E-state index contributed by atoms with van der Waals surface area (Å²) in [5, 5.41) is 0. The molecule has 1 aromatic carbocycles. The molecule has 1 aromatic rings. The first-order chi connectivity index (χ1) is 7.95. The Morgan fingerprint density at radius 1 is 1.18 bits per heavy atom. The molecular formula is C14H20O3. The van der Waals surface area contributed by atoms with Crippen LogP contribution in [0.4, 0.5) is 0 Å². The summed E-state index contributed by atoms with van der Waals surface area (Å²) < 4.78 is 10.3. The molecule has 17 heavy (non-hydrogen) atoms. The maximum atomic E-state index is 11.3. The van der Waals surface area contributed by atoms with E-state index >= 15 is 0 Å². The monoisotopic (exact) mass is 236 g/mol. The lowest BCUT2D eigenvalue weighted by Crippen LogP contribution is -2.19. The maximum Gasteiger partial charge on any atom is 0.195 e. The molecule has 0 fully saturated rings. The van der Waals surface area contributed by atoms with Crippen LogP contribution in [-0.4, -0.2) is 26.1 Å². The van der Waals surface area contributed by atoms with Gasteiger partial charge in [0, 0.05) is 7.11 Å². The fourth-order valence-electron chi connectivity index (χ4n) is 1.57. The van der Waals surface area contributed by atoms with Crippen LogP contribution in [0.3, 0.4) is 0 Å². The lowest BCUT2D eigenvalue weighted by atomic mass is 9.86. The fourth-order valence-corrected chi connectivity index (χ4v) is 1.57. The van der Waals surface area contributed by atoms with Gasteiger partial charge in [-0.2, -0.15) is 0 Å². The number of rotatable bonds is 5. The van der Waals surface area contributed by atoms with E-state index in [0.717, 1.165) is 11.3 Å². The highest BCUT2D eigenvalue weighted by Gasteiger charge is 2.18. The summed E-state index contributed by atoms with van der Waals surface area (Å²) in [6.07, 6.45) is 0. The summed E-state index contributed by atoms with van der Waals surface area (Å²) in [6.45, 7) is 6.50. The predicted molar refractivity (Wildman–Crippen MR) is 67.5 cm³/mol. The molecule has 0 heterocycles. The summed E-state index contributed by atoms with van der Waals surface area (Å²) in [5.41, 5.74) is 1.10. The van der Waals surface area contributed by atoms with Crippen LogP contribution in [0.15, 0.2) is 24.3 Å². The lowest BCUT2D eigenvalue weighted by Gasteiger charge is -2.22. The minimum atomic E-state index is -0.0591. The summed E-state index contributed by atoms with van der Waals surface area (Å²) in [7, 11) is 1.50. The lowest BCUT2D eigenvalue weighted by molar-refractivity contribution is -0.124. The smallest absolute Gasteiger partial charge is 0.195 e. The van der Waals surface area contributed by atoms with Crippen molar-refractivity contribution < 1.29 is 14.3 Å². The molecule has 0 saturated heterocycles. The van der Waals surface area contributed by atoms with Crippen molar-refractivity contribution in [1.29, 1.82) is 0 Å². The number of ether oxygens (including phenoxy) is 2. The van der Waals surface area contributed by atoms with Crippen LogP contribution >= 0.6 is 0 Å². The summed E-state index contributed by atoms with van der Waals surface area (Å²) in [4.78, 5) is 11.3. The Bertz CT molecular complexity index is 377. The van der Waals surface area contributed by atoms with E-state index in [9.17, 15) is 4.79 Å². The van der Waals surface area contributed by atoms with Gasteiger partial charge in [0.25, 0.3) is 0 Å². The Morgan fingerprint density at radius 2 is 1.82 bits per heavy atom. The number of para-hydroxylation sites is 1. The van der Waals surface area contributed by atoms with Crippen LogP contribution in [0.2, 0.25) is 0 Å². The molecule has 0 aliphatic rings. The number of carbonyl (C=O) groups excluding carboxylic acids is 1. The van der Waals surface area contributed by atoms with Crippen molar-refractivity contribution in [2.24, 2.45) is 0 Å². The van der Waals surface area contributed by atoms with E-state index in [4.69, 9.17) is 9.47 Å². The fraction of sp³-hybridized carbons (Fsp3) is 0.500. The Labute approximate surface area is 103 Å². The van der Waals surface area contributed by atoms with E-state index in [2.05, 4.69) is 20.8 Å². The number of hydrogen-bond donors (Lipinski definition) is 0. The SMILES string of the molecule is COCC(=O)COc1ccccc1C(C)(C)C. The third-order valence-corrected chi connectivity index (χ3v) is 2.39. The quantitative estimate of drug-likeness (QED) is 0.788. The van der Waals surface area contributed by atoms with Crippen molar-refractivity contribution >= 4 is 5.78 Å². The first kappa shape index (κ1) is 13.7. The first-order valence-corrected chi connectivity index (χ1v) is 5.68. The summed E-state index contributed by atoms with van der Waals surface area (Å²) in [5.74, 6) is 0.709. The molecule has 0 aromatic heterocycles. The van der Waals surface area contributed by atoms with Crippen LogP contribution < -0.4 is 4.74 Å². The number of ketones is 1. The standard InChI is InChI=1S/C14H20O3/c1-14(2,3)12-7-5-6-8-13(12)17-10-11(15)9-16-4/h5-8H,9-10H2,1-4H3. The van der Waals surface area contributed by atoms with E-state index < -0.39 is 0 Å². The Kier molecular flexibility index (Phi) is 4.70. The molecule has 0 bridgehead atoms. The predicted octanol–water partition coefficient (Wildman–Crippen LogP) is 2.58. The molecule has 3 nitrogen and oxygen atoms in total. The highest BCUT2D eigenvalue weighted by atomic mass is 16.5. The van der Waals surface area contributed by atoms with Gasteiger partial charge >= 0.3 is 0 Å². The molecule has 3 heteroatoms. The molecule has 0 radical (unpaired) electrons. The van der Waals surface area contributed by atoms with Crippen LogP contribution in [-0.2, 0) is 14.9 Å². The molecular weight excluding hydrogens is 216 g/mol. The second-order valence-corrected chi connectivity index (χ2v) is 5.01. The Hall–Kier alpha value is -1.35. The number of methoxy groups -OCH3 is 1. The normalized spacial score (nSPS) is 11.3. The highest BCUT2D eigenvalue weighted by Crippen LogP contribution is 2.30. The average molecular weight is 236 g/mol. The van der Waals surface area contributed by atoms with Gasteiger partial charge in [-0.3, -0.25) is 4.79 Å². The second kappa shape index (κ2) is 5.82. The number of hydrogen-bond acceptors (Lipinski definition) is 3. The molecule has 94 valence electrons. The number of Topliss-reactive ketones (excluding diaryl/α,β-unsaturated/α-hetero) is 1. The average Bonchev–Trinajstić information content (AvgIpc) is 2.26. The van der Waals surface area contributed by atoms with Crippen molar-refractivity contribution in [2.75, 3.05) is 20.3 Å². The third kappa shape index (κ3) is 4.19. The van der Waals surface area contributed by atoms with Gasteiger partial charge in [-0.25, -0.2) is 0 Å². The molecule has 0 aliphatic carbocycles. The Balaban J connectivity index is 2.74. The molecule has 0 aliphatic heterocycles. The van der Waals surface area contributed by atoms with Crippen molar-refractivity contribution in [2.45, 2.75) is 26.2 Å². The van der Waals surface area contributed by atoms with Gasteiger partial charge < -0.3 is 9.47 Å². The minimum absolute atomic E-state index is 0.000890. The largest absolute Gasteiger partial charge is 0.485 e. The van der Waals surface area contributed by atoms with Crippen LogP contribution in [0.1, 0.15) is 26.3 Å². The van der Waals surface area contributed by atoms with E-state index in [0.29, 0.717) is 0 Å². The molecule has 0 unspecified atom stereocenters. The molecule has 0 saturated carbocycles. The van der Waals surface area contributed by atoms with Crippen LogP contribution in [0, 0.1) is 0 Å². The van der Waals surface area contributed by atoms with Gasteiger partial charge in [0.05, 0.1) is 0 Å². The van der Waals surface area contributed by atoms with Gasteiger partial charge in [-0.1, -0.05) is 39.0 Å². The zero-order valence-corrected chi connectivity index (χ0v) is 10.9. The van der Waals surface area contributed by atoms with Gasteiger partial charge in [0.15, 0.2) is 5.78 Å². The van der Waals surface area contributed by atoms with E-state index in [1.54, 1.807) is 0 Å². The Morgan fingerprint density at radius 3 is 2.41 bits per heavy atom. The minimum Gasteiger partial charge on any atom is -0.485 e. The van der Waals surface area contributed by atoms with Crippen molar-refractivity contribution in [3.63, 3.8) is 0 Å². The zero-order chi connectivity index (χ0) is 12.9. The van der Waals surface area contributed by atoms with Gasteiger partial charge in [-0.15, -0.1) is 0 Å². The van der Waals surface area contributed by atoms with E-state index in [1.165, 1.54) is 7.11 Å². The van der Waals surface area contributed by atoms with Gasteiger partial charge in [0.1, 0.15) is 19.0 Å². The highest BCUT2D eigenvalue weighted by molar-refractivity contribution is 5.81. The third-order valence-electron chi connectivity index (χ3n) is 2.39. The topological polar surface area (TPSA) is 35.5 Å². The van der Waals surface area contributed by atoms with E-state index in [-0.39, 0.29) is 24.4 Å². The summed E-state index contributed by atoms with van der Waals surface area (Å²) in [6, 6.07) is 7.80. The van der Waals surface area contributed by atoms with E-state index in [1.807, 2.05) is 24.3 Å². The number of carbonyl (C=O) groups is 1. The molecule has 1 rings (SSSR count). The zero-order valence-electron chi connectivity index (χ0n) is 10.9. The first-order valence-electron chi connectivity index (χ1n) is 5.68. The van der Waals surface area contributed by atoms with Crippen molar-refractivity contribution in [3.05, 3.63) is 29.8 Å².